The number of hydrogen-bond donors (Lipinski definition) is 2. The topological polar surface area (TPSA) is 74.6 Å². The molecule has 0 saturated carbocycles. The maximum absolute atomic E-state index is 10.5. The molecule has 244 valence electrons. The Kier molecular flexibility index (Phi) is 29.6. The molecular weight excluding hydrogens is 508 g/mol. The van der Waals surface area contributed by atoms with Crippen LogP contribution in [0.15, 0.2) is 0 Å². The lowest BCUT2D eigenvalue weighted by Gasteiger charge is -2.24. The van der Waals surface area contributed by atoms with Crippen LogP contribution in [0.1, 0.15) is 219 Å². The number of carbonyl (C=O) groups is 2. The molecule has 0 saturated heterocycles. The van der Waals surface area contributed by atoms with Crippen LogP contribution in [-0.4, -0.2) is 22.2 Å². The third kappa shape index (κ3) is 35.0. The van der Waals surface area contributed by atoms with Crippen molar-refractivity contribution in [2.75, 3.05) is 0 Å². The van der Waals surface area contributed by atoms with Crippen molar-refractivity contribution >= 4 is 11.9 Å². The first-order valence-electron chi connectivity index (χ1n) is 18.3. The van der Waals surface area contributed by atoms with Crippen LogP contribution in [0.25, 0.3) is 0 Å². The van der Waals surface area contributed by atoms with Gasteiger partial charge in [0.1, 0.15) is 0 Å². The lowest BCUT2D eigenvalue weighted by molar-refractivity contribution is -0.138. The standard InChI is InChI=1S/C37H72O4/c1-37(2,33-29-25-21-17-13-9-5-3-7-11-15-19-23-27-31-35(38)39)34-30-26-22-18-14-10-6-4-8-12-16-20-24-28-32-36(40)41/h3-34H2,1-2H3,(H,38,39)(H,40,41). The van der Waals surface area contributed by atoms with Crippen molar-refractivity contribution < 1.29 is 19.8 Å². The van der Waals surface area contributed by atoms with Gasteiger partial charge >= 0.3 is 11.9 Å². The van der Waals surface area contributed by atoms with Crippen LogP contribution in [0.5, 0.6) is 0 Å². The summed E-state index contributed by atoms with van der Waals surface area (Å²) in [6.45, 7) is 4.97. The zero-order valence-corrected chi connectivity index (χ0v) is 27.8. The average molecular weight is 581 g/mol. The van der Waals surface area contributed by atoms with Gasteiger partial charge in [-0.1, -0.05) is 181 Å². The van der Waals surface area contributed by atoms with Crippen LogP contribution in [-0.2, 0) is 9.59 Å². The van der Waals surface area contributed by atoms with Crippen LogP contribution >= 0.6 is 0 Å². The van der Waals surface area contributed by atoms with Gasteiger partial charge in [-0.25, -0.2) is 0 Å². The van der Waals surface area contributed by atoms with Crippen molar-refractivity contribution in [1.82, 2.24) is 0 Å². The maximum atomic E-state index is 10.5. The lowest BCUT2D eigenvalue weighted by atomic mass is 9.81. The summed E-state index contributed by atoms with van der Waals surface area (Å²) in [5.41, 5.74) is 0.520. The third-order valence-electron chi connectivity index (χ3n) is 8.99. The second-order valence-electron chi connectivity index (χ2n) is 13.9. The van der Waals surface area contributed by atoms with Gasteiger partial charge in [-0.15, -0.1) is 0 Å². The molecular formula is C37H72O4. The molecule has 41 heavy (non-hydrogen) atoms. The van der Waals surface area contributed by atoms with Crippen molar-refractivity contribution in [3.8, 4) is 0 Å². The zero-order valence-electron chi connectivity index (χ0n) is 27.8. The van der Waals surface area contributed by atoms with Crippen LogP contribution in [0.4, 0.5) is 0 Å². The van der Waals surface area contributed by atoms with Gasteiger partial charge in [0.2, 0.25) is 0 Å². The monoisotopic (exact) mass is 581 g/mol. The zero-order chi connectivity index (χ0) is 30.3. The van der Waals surface area contributed by atoms with Gasteiger partial charge in [0.15, 0.2) is 0 Å². The van der Waals surface area contributed by atoms with Gasteiger partial charge < -0.3 is 10.2 Å². The molecule has 0 aliphatic carbocycles. The second kappa shape index (κ2) is 30.4. The molecule has 0 unspecified atom stereocenters. The van der Waals surface area contributed by atoms with E-state index < -0.39 is 11.9 Å². The Balaban J connectivity index is 3.29. The van der Waals surface area contributed by atoms with Crippen LogP contribution in [0.3, 0.4) is 0 Å². The Morgan fingerprint density at radius 1 is 0.341 bits per heavy atom. The number of aliphatic carboxylic acids is 2. The van der Waals surface area contributed by atoms with Crippen molar-refractivity contribution in [2.24, 2.45) is 5.41 Å². The molecule has 0 aromatic carbocycles. The average Bonchev–Trinajstić information content (AvgIpc) is 2.92. The van der Waals surface area contributed by atoms with E-state index in [2.05, 4.69) is 13.8 Å². The number of carboxylic acid groups (broad SMARTS) is 2. The lowest BCUT2D eigenvalue weighted by Crippen LogP contribution is -2.11. The van der Waals surface area contributed by atoms with E-state index in [0.717, 1.165) is 25.7 Å². The minimum atomic E-state index is -0.656. The molecule has 4 heteroatoms. The smallest absolute Gasteiger partial charge is 0.303 e. The Bertz CT molecular complexity index is 523. The normalized spacial score (nSPS) is 11.8. The highest BCUT2D eigenvalue weighted by Crippen LogP contribution is 2.30. The fourth-order valence-electron chi connectivity index (χ4n) is 6.13. The summed E-state index contributed by atoms with van der Waals surface area (Å²) in [6, 6.07) is 0. The predicted molar refractivity (Wildman–Crippen MR) is 177 cm³/mol. The highest BCUT2D eigenvalue weighted by molar-refractivity contribution is 5.66. The van der Waals surface area contributed by atoms with Gasteiger partial charge in [-0.2, -0.15) is 0 Å². The summed E-state index contributed by atoms with van der Waals surface area (Å²) in [7, 11) is 0. The quantitative estimate of drug-likeness (QED) is 0.0742. The largest absolute Gasteiger partial charge is 0.481 e. The summed E-state index contributed by atoms with van der Waals surface area (Å²) in [6.07, 6.45) is 40.1. The van der Waals surface area contributed by atoms with Crippen LogP contribution in [0.2, 0.25) is 0 Å². The molecule has 0 aliphatic rings. The fraction of sp³-hybridized carbons (Fsp3) is 0.946. The molecule has 2 N–H and O–H groups in total. The Labute approximate surface area is 256 Å². The van der Waals surface area contributed by atoms with E-state index >= 15 is 0 Å². The number of rotatable bonds is 34. The van der Waals surface area contributed by atoms with Crippen molar-refractivity contribution in [3.05, 3.63) is 0 Å². The first kappa shape index (κ1) is 39.9. The van der Waals surface area contributed by atoms with Gasteiger partial charge in [0, 0.05) is 12.8 Å². The summed E-state index contributed by atoms with van der Waals surface area (Å²) in [5, 5.41) is 17.3. The van der Waals surface area contributed by atoms with E-state index in [4.69, 9.17) is 10.2 Å². The van der Waals surface area contributed by atoms with E-state index in [1.807, 2.05) is 0 Å². The first-order valence-corrected chi connectivity index (χ1v) is 18.3. The van der Waals surface area contributed by atoms with E-state index in [1.54, 1.807) is 0 Å². The highest BCUT2D eigenvalue weighted by atomic mass is 16.4. The molecule has 0 amide bonds. The van der Waals surface area contributed by atoms with Crippen LogP contribution < -0.4 is 0 Å². The van der Waals surface area contributed by atoms with E-state index in [0.29, 0.717) is 18.3 Å². The minimum Gasteiger partial charge on any atom is -0.481 e. The number of hydrogen-bond acceptors (Lipinski definition) is 2. The van der Waals surface area contributed by atoms with E-state index in [-0.39, 0.29) is 0 Å². The number of carboxylic acids is 2. The molecule has 0 aliphatic heterocycles. The number of unbranched alkanes of at least 4 members (excludes halogenated alkanes) is 26. The molecule has 0 atom stereocenters. The molecule has 0 heterocycles. The molecule has 0 spiro atoms. The molecule has 0 fully saturated rings. The third-order valence-corrected chi connectivity index (χ3v) is 8.99. The first-order chi connectivity index (χ1) is 19.8. The molecule has 0 bridgehead atoms. The van der Waals surface area contributed by atoms with E-state index in [1.165, 1.54) is 167 Å². The molecule has 0 radical (unpaired) electrons. The van der Waals surface area contributed by atoms with Gasteiger partial charge in [-0.3, -0.25) is 9.59 Å². The predicted octanol–water partition coefficient (Wildman–Crippen LogP) is 12.7. The minimum absolute atomic E-state index is 0.337. The Morgan fingerprint density at radius 3 is 0.707 bits per heavy atom. The molecule has 4 nitrogen and oxygen atoms in total. The van der Waals surface area contributed by atoms with Gasteiger partial charge in [-0.05, 0) is 31.1 Å². The van der Waals surface area contributed by atoms with Crippen molar-refractivity contribution in [2.45, 2.75) is 219 Å². The van der Waals surface area contributed by atoms with E-state index in [9.17, 15) is 9.59 Å². The Morgan fingerprint density at radius 2 is 0.512 bits per heavy atom. The SMILES string of the molecule is CC(C)(CCCCCCCCCCCCCCCCC(=O)O)CCCCCCCCCCCCCCCCC(=O)O. The fourth-order valence-corrected chi connectivity index (χ4v) is 6.13. The van der Waals surface area contributed by atoms with Gasteiger partial charge in [0.05, 0.1) is 0 Å². The summed E-state index contributed by atoms with van der Waals surface area (Å²) >= 11 is 0. The molecule has 0 aromatic rings. The molecule has 0 aromatic heterocycles. The van der Waals surface area contributed by atoms with Crippen molar-refractivity contribution in [3.63, 3.8) is 0 Å². The van der Waals surface area contributed by atoms with Gasteiger partial charge in [0.25, 0.3) is 0 Å². The van der Waals surface area contributed by atoms with Crippen LogP contribution in [0, 0.1) is 5.41 Å². The molecule has 0 rings (SSSR count). The Hall–Kier alpha value is -1.06. The summed E-state index contributed by atoms with van der Waals surface area (Å²) in [4.78, 5) is 21.0. The maximum Gasteiger partial charge on any atom is 0.303 e. The highest BCUT2D eigenvalue weighted by Gasteiger charge is 2.16. The summed E-state index contributed by atoms with van der Waals surface area (Å²) in [5.74, 6) is -1.31. The second-order valence-corrected chi connectivity index (χ2v) is 13.9. The van der Waals surface area contributed by atoms with Crippen molar-refractivity contribution in [1.29, 1.82) is 0 Å². The summed E-state index contributed by atoms with van der Waals surface area (Å²) < 4.78 is 0.